The molecule has 3 heterocycles. The maximum atomic E-state index is 12.4. The quantitative estimate of drug-likeness (QED) is 0.881. The fraction of sp³-hybridized carbons (Fsp3) is 0.500. The Morgan fingerprint density at radius 3 is 3.26 bits per heavy atom. The lowest BCUT2D eigenvalue weighted by Crippen LogP contribution is -2.40. The fourth-order valence-corrected chi connectivity index (χ4v) is 3.45. The van der Waals surface area contributed by atoms with Crippen LogP contribution in [0.1, 0.15) is 36.1 Å². The summed E-state index contributed by atoms with van der Waals surface area (Å²) in [6, 6.07) is 3.84. The van der Waals surface area contributed by atoms with Gasteiger partial charge in [-0.2, -0.15) is 0 Å². The third-order valence-electron chi connectivity index (χ3n) is 3.95. The standard InChI is InChI=1S/C16H21N3O3S/c1-21-9-13-4-5-15(22-13)14-3-2-8-19(14)16(20)17-7-6-12-10-23-11-18-12/h4-5,10-11,14H,2-3,6-9H2,1H3,(H,17,20). The number of carbonyl (C=O) groups excluding carboxylic acids is 1. The number of nitrogens with zero attached hydrogens (tertiary/aromatic N) is 2. The average molecular weight is 335 g/mol. The predicted molar refractivity (Wildman–Crippen MR) is 87.3 cm³/mol. The lowest BCUT2D eigenvalue weighted by molar-refractivity contribution is 0.156. The van der Waals surface area contributed by atoms with Gasteiger partial charge in [-0.3, -0.25) is 0 Å². The van der Waals surface area contributed by atoms with Crippen molar-refractivity contribution in [1.82, 2.24) is 15.2 Å². The molecular weight excluding hydrogens is 314 g/mol. The highest BCUT2D eigenvalue weighted by Crippen LogP contribution is 2.33. The van der Waals surface area contributed by atoms with E-state index in [1.807, 2.05) is 27.9 Å². The summed E-state index contributed by atoms with van der Waals surface area (Å²) in [7, 11) is 1.64. The number of hydrogen-bond donors (Lipinski definition) is 1. The summed E-state index contributed by atoms with van der Waals surface area (Å²) in [4.78, 5) is 18.5. The number of carbonyl (C=O) groups is 1. The van der Waals surface area contributed by atoms with E-state index in [4.69, 9.17) is 9.15 Å². The lowest BCUT2D eigenvalue weighted by Gasteiger charge is -2.23. The molecule has 1 aliphatic heterocycles. The van der Waals surface area contributed by atoms with Crippen LogP contribution in [0, 0.1) is 0 Å². The Kier molecular flexibility index (Phi) is 5.30. The molecule has 1 unspecified atom stereocenters. The Morgan fingerprint density at radius 2 is 2.48 bits per heavy atom. The topological polar surface area (TPSA) is 67.6 Å². The summed E-state index contributed by atoms with van der Waals surface area (Å²) >= 11 is 1.57. The van der Waals surface area contributed by atoms with E-state index in [0.717, 1.165) is 43.0 Å². The van der Waals surface area contributed by atoms with E-state index >= 15 is 0 Å². The van der Waals surface area contributed by atoms with E-state index in [2.05, 4.69) is 10.3 Å². The summed E-state index contributed by atoms with van der Waals surface area (Å²) in [6.07, 6.45) is 2.68. The van der Waals surface area contributed by atoms with E-state index in [0.29, 0.717) is 13.2 Å². The Bertz CT molecular complexity index is 626. The second-order valence-corrected chi connectivity index (χ2v) is 6.27. The molecule has 2 aromatic heterocycles. The van der Waals surface area contributed by atoms with Crippen LogP contribution in [0.2, 0.25) is 0 Å². The number of methoxy groups -OCH3 is 1. The van der Waals surface area contributed by atoms with E-state index in [-0.39, 0.29) is 12.1 Å². The summed E-state index contributed by atoms with van der Waals surface area (Å²) in [5, 5.41) is 4.98. The first-order valence-electron chi connectivity index (χ1n) is 7.77. The average Bonchev–Trinajstić information content (AvgIpc) is 3.28. The van der Waals surface area contributed by atoms with Crippen LogP contribution in [0.25, 0.3) is 0 Å². The summed E-state index contributed by atoms with van der Waals surface area (Å²) in [5.74, 6) is 1.63. The summed E-state index contributed by atoms with van der Waals surface area (Å²) in [6.45, 7) is 1.80. The molecule has 1 N–H and O–H groups in total. The van der Waals surface area contributed by atoms with Gasteiger partial charge in [0.05, 0.1) is 17.2 Å². The number of amides is 2. The van der Waals surface area contributed by atoms with Gasteiger partial charge < -0.3 is 19.4 Å². The number of furan rings is 1. The van der Waals surface area contributed by atoms with Gasteiger partial charge in [0.2, 0.25) is 0 Å². The molecule has 2 amide bonds. The van der Waals surface area contributed by atoms with Crippen molar-refractivity contribution in [2.24, 2.45) is 0 Å². The SMILES string of the molecule is COCc1ccc(C2CCCN2C(=O)NCCc2cscn2)o1. The number of nitrogens with one attached hydrogen (secondary N) is 1. The molecule has 0 aromatic carbocycles. The van der Waals surface area contributed by atoms with Gasteiger partial charge >= 0.3 is 6.03 Å². The van der Waals surface area contributed by atoms with Crippen molar-refractivity contribution in [2.75, 3.05) is 20.2 Å². The minimum atomic E-state index is -0.0348. The van der Waals surface area contributed by atoms with Gasteiger partial charge in [0.1, 0.15) is 18.1 Å². The predicted octanol–water partition coefficient (Wildman–Crippen LogP) is 2.97. The highest BCUT2D eigenvalue weighted by molar-refractivity contribution is 7.07. The van der Waals surface area contributed by atoms with E-state index in [1.165, 1.54) is 0 Å². The van der Waals surface area contributed by atoms with Gasteiger partial charge in [-0.05, 0) is 25.0 Å². The molecular formula is C16H21N3O3S. The molecule has 6 nitrogen and oxygen atoms in total. The monoisotopic (exact) mass is 335 g/mol. The van der Waals surface area contributed by atoms with Crippen molar-refractivity contribution in [1.29, 1.82) is 0 Å². The van der Waals surface area contributed by atoms with Gasteiger partial charge in [0.15, 0.2) is 0 Å². The van der Waals surface area contributed by atoms with Crippen molar-refractivity contribution in [3.8, 4) is 0 Å². The molecule has 23 heavy (non-hydrogen) atoms. The van der Waals surface area contributed by atoms with E-state index in [1.54, 1.807) is 18.4 Å². The Labute approximate surface area is 139 Å². The van der Waals surface area contributed by atoms with Gasteiger partial charge in [0, 0.05) is 32.0 Å². The number of ether oxygens (including phenoxy) is 1. The number of likely N-dealkylation sites (tertiary alicyclic amines) is 1. The minimum Gasteiger partial charge on any atom is -0.461 e. The molecule has 0 spiro atoms. The second-order valence-electron chi connectivity index (χ2n) is 5.55. The maximum absolute atomic E-state index is 12.4. The first-order valence-corrected chi connectivity index (χ1v) is 8.71. The number of hydrogen-bond acceptors (Lipinski definition) is 5. The number of thiazole rings is 1. The molecule has 1 atom stereocenters. The first kappa shape index (κ1) is 16.0. The van der Waals surface area contributed by atoms with E-state index < -0.39 is 0 Å². The van der Waals surface area contributed by atoms with Crippen molar-refractivity contribution in [2.45, 2.75) is 31.9 Å². The third kappa shape index (κ3) is 3.92. The van der Waals surface area contributed by atoms with E-state index in [9.17, 15) is 4.79 Å². The van der Waals surface area contributed by atoms with Crippen LogP contribution in [0.5, 0.6) is 0 Å². The van der Waals surface area contributed by atoms with Crippen LogP contribution in [0.3, 0.4) is 0 Å². The van der Waals surface area contributed by atoms with Crippen molar-refractivity contribution >= 4 is 17.4 Å². The zero-order chi connectivity index (χ0) is 16.1. The molecule has 1 fully saturated rings. The van der Waals surface area contributed by atoms with Crippen molar-refractivity contribution in [3.05, 3.63) is 40.2 Å². The molecule has 3 rings (SSSR count). The van der Waals surface area contributed by atoms with Crippen LogP contribution in [-0.4, -0.2) is 36.1 Å². The van der Waals surface area contributed by atoms with Crippen LogP contribution in [0.4, 0.5) is 4.79 Å². The minimum absolute atomic E-state index is 0.0138. The first-order chi connectivity index (χ1) is 11.3. The second kappa shape index (κ2) is 7.61. The van der Waals surface area contributed by atoms with Crippen LogP contribution < -0.4 is 5.32 Å². The highest BCUT2D eigenvalue weighted by atomic mass is 32.1. The molecule has 0 radical (unpaired) electrons. The molecule has 124 valence electrons. The van der Waals surface area contributed by atoms with Crippen molar-refractivity contribution < 1.29 is 13.9 Å². The zero-order valence-electron chi connectivity index (χ0n) is 13.2. The number of rotatable bonds is 6. The van der Waals surface area contributed by atoms with Crippen molar-refractivity contribution in [3.63, 3.8) is 0 Å². The largest absolute Gasteiger partial charge is 0.461 e. The van der Waals surface area contributed by atoms with Gasteiger partial charge in [-0.15, -0.1) is 11.3 Å². The summed E-state index contributed by atoms with van der Waals surface area (Å²) in [5.41, 5.74) is 2.82. The number of urea groups is 1. The highest BCUT2D eigenvalue weighted by Gasteiger charge is 2.32. The van der Waals surface area contributed by atoms with Crippen LogP contribution in [-0.2, 0) is 17.8 Å². The normalized spacial score (nSPS) is 17.6. The molecule has 1 saturated heterocycles. The molecule has 7 heteroatoms. The third-order valence-corrected chi connectivity index (χ3v) is 4.59. The Balaban J connectivity index is 1.55. The van der Waals surface area contributed by atoms with Crippen LogP contribution >= 0.6 is 11.3 Å². The molecule has 0 aliphatic carbocycles. The van der Waals surface area contributed by atoms with Gasteiger partial charge in [-0.1, -0.05) is 0 Å². The zero-order valence-corrected chi connectivity index (χ0v) is 14.0. The molecule has 0 saturated carbocycles. The van der Waals surface area contributed by atoms with Gasteiger partial charge in [0.25, 0.3) is 0 Å². The van der Waals surface area contributed by atoms with Gasteiger partial charge in [-0.25, -0.2) is 9.78 Å². The summed E-state index contributed by atoms with van der Waals surface area (Å²) < 4.78 is 10.9. The molecule has 1 aliphatic rings. The molecule has 2 aromatic rings. The van der Waals surface area contributed by atoms with Crippen LogP contribution in [0.15, 0.2) is 27.4 Å². The lowest BCUT2D eigenvalue weighted by atomic mass is 10.2. The fourth-order valence-electron chi connectivity index (χ4n) is 2.86. The smallest absolute Gasteiger partial charge is 0.318 e. The Hall–Kier alpha value is -1.86. The Morgan fingerprint density at radius 1 is 1.57 bits per heavy atom. The number of aromatic nitrogens is 1. The maximum Gasteiger partial charge on any atom is 0.318 e. The molecule has 0 bridgehead atoms.